The standard InChI is InChI=1S/C88H124O9/c1-51(61-45-58(80(5,6)7)48-71(52(61)2)95-74(89)35-32-55-39-65(83(14,15)16)77(92)66(40-55)84(17,18)19)38-64(62-46-59(81(8,9)10)49-72(53(62)3)96-75(90)36-33-56-41-67(85(20,21)22)78(93)68(42-56)86(23,24)25)63-47-60(82(11,12)13)50-73(54(63)4)97-76(91)37-34-57-43-69(87(26,27)28)79(94)70(44-57)88(29,30)31/h39-51,64,92-94H,32-38H2,1-31H3. The van der Waals surface area contributed by atoms with E-state index in [1.165, 1.54) is 0 Å². The Labute approximate surface area is 586 Å². The van der Waals surface area contributed by atoms with Gasteiger partial charge in [-0.2, -0.15) is 0 Å². The van der Waals surface area contributed by atoms with E-state index < -0.39 is 0 Å². The van der Waals surface area contributed by atoms with Crippen LogP contribution in [0, 0.1) is 20.8 Å². The van der Waals surface area contributed by atoms with Crippen LogP contribution in [0.1, 0.15) is 332 Å². The van der Waals surface area contributed by atoms with Crippen molar-refractivity contribution in [2.75, 3.05) is 0 Å². The lowest BCUT2D eigenvalue weighted by Gasteiger charge is -2.32. The van der Waals surface area contributed by atoms with Crippen molar-refractivity contribution >= 4 is 17.9 Å². The molecule has 3 N–H and O–H groups in total. The number of phenols is 3. The minimum atomic E-state index is -0.386. The van der Waals surface area contributed by atoms with Gasteiger partial charge in [-0.25, -0.2) is 0 Å². The number of aromatic hydroxyl groups is 3. The summed E-state index contributed by atoms with van der Waals surface area (Å²) in [6.07, 6.45) is 2.18. The molecule has 0 aliphatic heterocycles. The molecule has 97 heavy (non-hydrogen) atoms. The summed E-state index contributed by atoms with van der Waals surface area (Å²) < 4.78 is 19.8. The summed E-state index contributed by atoms with van der Waals surface area (Å²) in [6.45, 7) is 65.6. The number of hydrogen-bond donors (Lipinski definition) is 3. The summed E-state index contributed by atoms with van der Waals surface area (Å²) in [5.74, 6) is 0.756. The summed E-state index contributed by atoms with van der Waals surface area (Å²) in [7, 11) is 0. The molecule has 9 nitrogen and oxygen atoms in total. The topological polar surface area (TPSA) is 140 Å². The first kappa shape index (κ1) is 79.1. The van der Waals surface area contributed by atoms with Gasteiger partial charge in [-0.05, 0) is 219 Å². The van der Waals surface area contributed by atoms with Gasteiger partial charge in [0.1, 0.15) is 34.5 Å². The van der Waals surface area contributed by atoms with E-state index in [9.17, 15) is 29.7 Å². The maximum atomic E-state index is 14.6. The zero-order chi connectivity index (χ0) is 73.8. The van der Waals surface area contributed by atoms with Crippen LogP contribution < -0.4 is 14.2 Å². The SMILES string of the molecule is Cc1c(OC(=O)CCc2cc(C(C)(C)C)c(O)c(C(C)(C)C)c2)cc(C(C)(C)C)cc1C(C)CC(c1cc(C(C)(C)C)cc(OC(=O)CCc2cc(C(C)(C)C)c(O)c(C(C)(C)C)c2)c1C)c1cc(C(C)(C)C)cc(OC(=O)CCc2cc(C(C)(C)C)c(O)c(C(C)(C)C)c2)c1C. The molecule has 1 atom stereocenters. The Balaban J connectivity index is 1.52. The van der Waals surface area contributed by atoms with E-state index in [4.69, 9.17) is 14.2 Å². The molecule has 0 aliphatic rings. The van der Waals surface area contributed by atoms with Gasteiger partial charge in [0.25, 0.3) is 0 Å². The Morgan fingerprint density at radius 2 is 0.526 bits per heavy atom. The third-order valence-corrected chi connectivity index (χ3v) is 19.6. The fourth-order valence-corrected chi connectivity index (χ4v) is 13.1. The highest BCUT2D eigenvalue weighted by atomic mass is 16.5. The average molecular weight is 1330 g/mol. The molecule has 0 bridgehead atoms. The number of carbonyl (C=O) groups excluding carboxylic acids is 3. The lowest BCUT2D eigenvalue weighted by atomic mass is 9.74. The molecule has 0 aliphatic carbocycles. The summed E-state index contributed by atoms with van der Waals surface area (Å²) >= 11 is 0. The average Bonchev–Trinajstić information content (AvgIpc) is 0.741. The number of ether oxygens (including phenoxy) is 3. The van der Waals surface area contributed by atoms with Gasteiger partial charge < -0.3 is 29.5 Å². The van der Waals surface area contributed by atoms with Gasteiger partial charge in [0.15, 0.2) is 0 Å². The van der Waals surface area contributed by atoms with Crippen molar-refractivity contribution in [2.24, 2.45) is 0 Å². The molecule has 6 aromatic rings. The highest BCUT2D eigenvalue weighted by Gasteiger charge is 2.35. The van der Waals surface area contributed by atoms with Crippen molar-refractivity contribution in [3.8, 4) is 34.5 Å². The van der Waals surface area contributed by atoms with E-state index in [0.29, 0.717) is 60.2 Å². The molecular formula is C88H124O9. The minimum absolute atomic E-state index is 0.111. The monoisotopic (exact) mass is 1320 g/mol. The lowest BCUT2D eigenvalue weighted by Crippen LogP contribution is -2.20. The predicted molar refractivity (Wildman–Crippen MR) is 403 cm³/mol. The Hall–Kier alpha value is -6.87. The van der Waals surface area contributed by atoms with E-state index in [1.807, 2.05) is 75.4 Å². The number of rotatable bonds is 17. The van der Waals surface area contributed by atoms with Gasteiger partial charge in [0, 0.05) is 25.2 Å². The second kappa shape index (κ2) is 28.4. The molecule has 0 saturated heterocycles. The summed E-state index contributed by atoms with van der Waals surface area (Å²) in [4.78, 5) is 43.5. The van der Waals surface area contributed by atoms with Gasteiger partial charge >= 0.3 is 17.9 Å². The summed E-state index contributed by atoms with van der Waals surface area (Å²) in [5, 5.41) is 34.6. The van der Waals surface area contributed by atoms with Crippen molar-refractivity contribution in [1.82, 2.24) is 0 Å². The first-order chi connectivity index (χ1) is 43.9. The molecule has 530 valence electrons. The molecule has 0 amide bonds. The molecule has 6 rings (SSSR count). The first-order valence-electron chi connectivity index (χ1n) is 35.6. The summed E-state index contributed by atoms with van der Waals surface area (Å²) in [6, 6.07) is 25.1. The Morgan fingerprint density at radius 1 is 0.320 bits per heavy atom. The Morgan fingerprint density at radius 3 is 0.732 bits per heavy atom. The maximum Gasteiger partial charge on any atom is 0.311 e. The molecule has 0 heterocycles. The van der Waals surface area contributed by atoms with Crippen LogP contribution in [0.3, 0.4) is 0 Å². The molecule has 0 aromatic heterocycles. The van der Waals surface area contributed by atoms with Crippen LogP contribution in [0.4, 0.5) is 0 Å². The van der Waals surface area contributed by atoms with Gasteiger partial charge in [-0.15, -0.1) is 0 Å². The van der Waals surface area contributed by atoms with Gasteiger partial charge in [-0.1, -0.05) is 248 Å². The number of carbonyl (C=O) groups is 3. The lowest BCUT2D eigenvalue weighted by molar-refractivity contribution is -0.135. The van der Waals surface area contributed by atoms with Crippen LogP contribution in [-0.4, -0.2) is 33.2 Å². The highest BCUT2D eigenvalue weighted by molar-refractivity contribution is 5.76. The Bertz CT molecular complexity index is 3620. The van der Waals surface area contributed by atoms with Crippen molar-refractivity contribution in [3.05, 3.63) is 173 Å². The third kappa shape index (κ3) is 19.5. The number of aryl methyl sites for hydroxylation is 3. The summed E-state index contributed by atoms with van der Waals surface area (Å²) in [5.41, 5.74) is 13.3. The minimum Gasteiger partial charge on any atom is -0.507 e. The molecule has 6 aromatic carbocycles. The second-order valence-electron chi connectivity index (χ2n) is 37.5. The van der Waals surface area contributed by atoms with Crippen molar-refractivity contribution in [2.45, 2.75) is 320 Å². The second-order valence-corrected chi connectivity index (χ2v) is 37.5. The van der Waals surface area contributed by atoms with Gasteiger partial charge in [0.2, 0.25) is 0 Å². The van der Waals surface area contributed by atoms with Crippen LogP contribution in [-0.2, 0) is 82.4 Å². The van der Waals surface area contributed by atoms with Crippen molar-refractivity contribution in [3.63, 3.8) is 0 Å². The first-order valence-corrected chi connectivity index (χ1v) is 35.6. The molecule has 0 radical (unpaired) electrons. The van der Waals surface area contributed by atoms with Crippen LogP contribution in [0.5, 0.6) is 34.5 Å². The molecular weight excluding hydrogens is 1200 g/mol. The highest BCUT2D eigenvalue weighted by Crippen LogP contribution is 2.49. The number of esters is 3. The molecule has 0 spiro atoms. The number of phenolic OH excluding ortho intramolecular Hbond substituents is 3. The van der Waals surface area contributed by atoms with E-state index in [0.717, 1.165) is 100 Å². The quantitative estimate of drug-likeness (QED) is 0.0601. The number of hydrogen-bond acceptors (Lipinski definition) is 9. The van der Waals surface area contributed by atoms with Gasteiger partial charge in [-0.3, -0.25) is 14.4 Å². The fourth-order valence-electron chi connectivity index (χ4n) is 13.1. The molecule has 0 fully saturated rings. The van der Waals surface area contributed by atoms with E-state index in [2.05, 4.69) is 212 Å². The molecule has 0 saturated carbocycles. The predicted octanol–water partition coefficient (Wildman–Crippen LogP) is 22.3. The zero-order valence-corrected chi connectivity index (χ0v) is 65.8. The normalized spacial score (nSPS) is 13.5. The third-order valence-electron chi connectivity index (χ3n) is 19.6. The number of benzene rings is 6. The van der Waals surface area contributed by atoms with Crippen LogP contribution >= 0.6 is 0 Å². The van der Waals surface area contributed by atoms with E-state index in [1.54, 1.807) is 0 Å². The van der Waals surface area contributed by atoms with Crippen LogP contribution in [0.15, 0.2) is 72.8 Å². The van der Waals surface area contributed by atoms with Crippen molar-refractivity contribution in [1.29, 1.82) is 0 Å². The maximum absolute atomic E-state index is 14.6. The van der Waals surface area contributed by atoms with Gasteiger partial charge in [0.05, 0.1) is 0 Å². The molecule has 1 unspecified atom stereocenters. The van der Waals surface area contributed by atoms with Crippen LogP contribution in [0.2, 0.25) is 0 Å². The smallest absolute Gasteiger partial charge is 0.311 e. The fraction of sp³-hybridized carbons (Fsp3) is 0.557. The van der Waals surface area contributed by atoms with Crippen LogP contribution in [0.25, 0.3) is 0 Å². The zero-order valence-electron chi connectivity index (χ0n) is 65.8. The van der Waals surface area contributed by atoms with Crippen molar-refractivity contribution < 1.29 is 43.9 Å². The largest absolute Gasteiger partial charge is 0.507 e. The Kier molecular flexibility index (Phi) is 23.2. The van der Waals surface area contributed by atoms with E-state index in [-0.39, 0.29) is 97.7 Å². The molecule has 9 heteroatoms. The van der Waals surface area contributed by atoms with E-state index >= 15 is 0 Å².